The average Bonchev–Trinajstić information content (AvgIpc) is 2.82. The van der Waals surface area contributed by atoms with Gasteiger partial charge in [-0.25, -0.2) is 18.0 Å². The van der Waals surface area contributed by atoms with Crippen molar-refractivity contribution in [3.8, 4) is 0 Å². The molecule has 0 aliphatic heterocycles. The Labute approximate surface area is 180 Å². The average molecular weight is 439 g/mol. The normalized spacial score (nSPS) is 10.9. The van der Waals surface area contributed by atoms with Crippen LogP contribution in [0.15, 0.2) is 83.8 Å². The summed E-state index contributed by atoms with van der Waals surface area (Å²) in [4.78, 5) is 24.0. The highest BCUT2D eigenvalue weighted by atomic mass is 32.2. The molecule has 0 N–H and O–H groups in total. The zero-order chi connectivity index (χ0) is 22.4. The minimum atomic E-state index is -3.77. The first-order valence-electron chi connectivity index (χ1n) is 9.31. The third-order valence-electron chi connectivity index (χ3n) is 4.59. The standard InChI is InChI=1S/C23H21NO6S/c1-24(20-9-4-3-5-10-20)31(27,28)21-13-11-18(12-14-21)23(26)30-16-17-7-6-8-19(15-17)22(25)29-2/h3-15H,16H2,1-2H3. The van der Waals surface area contributed by atoms with Crippen LogP contribution in [0.25, 0.3) is 0 Å². The Bertz CT molecular complexity index is 1170. The number of benzene rings is 3. The van der Waals surface area contributed by atoms with Crippen LogP contribution >= 0.6 is 0 Å². The summed E-state index contributed by atoms with van der Waals surface area (Å²) in [5.74, 6) is -1.09. The highest BCUT2D eigenvalue weighted by Crippen LogP contribution is 2.22. The van der Waals surface area contributed by atoms with Crippen LogP contribution in [0.2, 0.25) is 0 Å². The molecule has 0 bridgehead atoms. The molecular weight excluding hydrogens is 418 g/mol. The summed E-state index contributed by atoms with van der Waals surface area (Å²) in [6.07, 6.45) is 0. The predicted molar refractivity (Wildman–Crippen MR) is 115 cm³/mol. The molecule has 0 radical (unpaired) electrons. The van der Waals surface area contributed by atoms with E-state index < -0.39 is 22.0 Å². The van der Waals surface area contributed by atoms with Gasteiger partial charge in [0.25, 0.3) is 10.0 Å². The van der Waals surface area contributed by atoms with Gasteiger partial charge >= 0.3 is 11.9 Å². The Hall–Kier alpha value is -3.65. The van der Waals surface area contributed by atoms with E-state index in [1.54, 1.807) is 54.6 Å². The van der Waals surface area contributed by atoms with Crippen molar-refractivity contribution in [1.82, 2.24) is 0 Å². The van der Waals surface area contributed by atoms with E-state index in [4.69, 9.17) is 4.74 Å². The van der Waals surface area contributed by atoms with E-state index in [2.05, 4.69) is 4.74 Å². The lowest BCUT2D eigenvalue weighted by atomic mass is 10.1. The van der Waals surface area contributed by atoms with Crippen LogP contribution in [0.5, 0.6) is 0 Å². The lowest BCUT2D eigenvalue weighted by Gasteiger charge is -2.19. The maximum absolute atomic E-state index is 12.8. The largest absolute Gasteiger partial charge is 0.465 e. The molecule has 160 valence electrons. The molecule has 0 spiro atoms. The van der Waals surface area contributed by atoms with Crippen LogP contribution in [-0.2, 0) is 26.1 Å². The van der Waals surface area contributed by atoms with Gasteiger partial charge in [-0.05, 0) is 54.1 Å². The second kappa shape index (κ2) is 9.44. The summed E-state index contributed by atoms with van der Waals surface area (Å²) >= 11 is 0. The van der Waals surface area contributed by atoms with Gasteiger partial charge < -0.3 is 9.47 Å². The fourth-order valence-electron chi connectivity index (χ4n) is 2.84. The van der Waals surface area contributed by atoms with Crippen LogP contribution in [0.4, 0.5) is 5.69 Å². The van der Waals surface area contributed by atoms with Gasteiger partial charge in [0.2, 0.25) is 0 Å². The van der Waals surface area contributed by atoms with Crippen molar-refractivity contribution in [3.05, 3.63) is 95.6 Å². The molecule has 8 heteroatoms. The molecule has 0 fully saturated rings. The molecule has 0 aliphatic carbocycles. The molecule has 7 nitrogen and oxygen atoms in total. The first kappa shape index (κ1) is 22.0. The minimum absolute atomic E-state index is 0.0412. The monoisotopic (exact) mass is 439 g/mol. The summed E-state index contributed by atoms with van der Waals surface area (Å²) in [6, 6.07) is 20.8. The van der Waals surface area contributed by atoms with Crippen molar-refractivity contribution in [3.63, 3.8) is 0 Å². The number of ether oxygens (including phenoxy) is 2. The maximum atomic E-state index is 12.8. The molecular formula is C23H21NO6S. The van der Waals surface area contributed by atoms with Crippen molar-refractivity contribution in [2.45, 2.75) is 11.5 Å². The third kappa shape index (κ3) is 5.10. The molecule has 3 aromatic rings. The van der Waals surface area contributed by atoms with Crippen molar-refractivity contribution < 1.29 is 27.5 Å². The molecule has 0 amide bonds. The Morgan fingerprint density at radius 3 is 2.16 bits per heavy atom. The third-order valence-corrected chi connectivity index (χ3v) is 6.39. The van der Waals surface area contributed by atoms with Crippen LogP contribution < -0.4 is 4.31 Å². The van der Waals surface area contributed by atoms with Crippen molar-refractivity contribution >= 4 is 27.6 Å². The van der Waals surface area contributed by atoms with Crippen LogP contribution in [0, 0.1) is 0 Å². The molecule has 0 aliphatic rings. The van der Waals surface area contributed by atoms with E-state index in [0.29, 0.717) is 16.8 Å². The van der Waals surface area contributed by atoms with Gasteiger partial charge in [-0.15, -0.1) is 0 Å². The first-order chi connectivity index (χ1) is 14.8. The lowest BCUT2D eigenvalue weighted by Crippen LogP contribution is -2.26. The quantitative estimate of drug-likeness (QED) is 0.522. The van der Waals surface area contributed by atoms with Crippen molar-refractivity contribution in [2.75, 3.05) is 18.5 Å². The summed E-state index contributed by atoms with van der Waals surface area (Å²) in [5, 5.41) is 0. The number of sulfonamides is 1. The number of carbonyl (C=O) groups excluding carboxylic acids is 2. The number of nitrogens with zero attached hydrogens (tertiary/aromatic N) is 1. The van der Waals surface area contributed by atoms with Gasteiger partial charge in [0.05, 0.1) is 28.8 Å². The van der Waals surface area contributed by atoms with E-state index in [9.17, 15) is 18.0 Å². The molecule has 0 aromatic heterocycles. The highest BCUT2D eigenvalue weighted by molar-refractivity contribution is 7.92. The summed E-state index contributed by atoms with van der Waals surface area (Å²) < 4.78 is 36.7. The number of anilines is 1. The van der Waals surface area contributed by atoms with E-state index in [-0.39, 0.29) is 17.1 Å². The summed E-state index contributed by atoms with van der Waals surface area (Å²) in [7, 11) is -1.01. The number of methoxy groups -OCH3 is 1. The Kier molecular flexibility index (Phi) is 6.71. The number of esters is 2. The zero-order valence-corrected chi connectivity index (χ0v) is 17.8. The van der Waals surface area contributed by atoms with E-state index in [1.165, 1.54) is 42.7 Å². The first-order valence-corrected chi connectivity index (χ1v) is 10.8. The number of hydrogen-bond donors (Lipinski definition) is 0. The molecule has 0 atom stereocenters. The number of rotatable bonds is 7. The number of carbonyl (C=O) groups is 2. The highest BCUT2D eigenvalue weighted by Gasteiger charge is 2.21. The molecule has 3 rings (SSSR count). The van der Waals surface area contributed by atoms with Crippen LogP contribution in [0.3, 0.4) is 0 Å². The number of hydrogen-bond acceptors (Lipinski definition) is 6. The second-order valence-electron chi connectivity index (χ2n) is 6.60. The van der Waals surface area contributed by atoms with Gasteiger partial charge in [0.1, 0.15) is 6.61 Å². The van der Waals surface area contributed by atoms with Gasteiger partial charge in [0, 0.05) is 7.05 Å². The minimum Gasteiger partial charge on any atom is -0.465 e. The molecule has 3 aromatic carbocycles. The predicted octanol–water partition coefficient (Wildman–Crippen LogP) is 3.66. The van der Waals surface area contributed by atoms with Gasteiger partial charge in [0.15, 0.2) is 0 Å². The molecule has 0 saturated heterocycles. The fraction of sp³-hybridized carbons (Fsp3) is 0.130. The second-order valence-corrected chi connectivity index (χ2v) is 8.57. The van der Waals surface area contributed by atoms with E-state index in [0.717, 1.165) is 0 Å². The smallest absolute Gasteiger partial charge is 0.338 e. The Morgan fingerprint density at radius 2 is 1.52 bits per heavy atom. The van der Waals surface area contributed by atoms with E-state index in [1.807, 2.05) is 0 Å². The van der Waals surface area contributed by atoms with Gasteiger partial charge in [-0.3, -0.25) is 4.31 Å². The summed E-state index contributed by atoms with van der Waals surface area (Å²) in [6.45, 7) is -0.0412. The topological polar surface area (TPSA) is 90.0 Å². The lowest BCUT2D eigenvalue weighted by molar-refractivity contribution is 0.0472. The van der Waals surface area contributed by atoms with Crippen molar-refractivity contribution in [1.29, 1.82) is 0 Å². The molecule has 0 heterocycles. The zero-order valence-electron chi connectivity index (χ0n) is 17.0. The fourth-order valence-corrected chi connectivity index (χ4v) is 4.03. The molecule has 0 unspecified atom stereocenters. The van der Waals surface area contributed by atoms with E-state index >= 15 is 0 Å². The molecule has 31 heavy (non-hydrogen) atoms. The van der Waals surface area contributed by atoms with Crippen LogP contribution in [0.1, 0.15) is 26.3 Å². The van der Waals surface area contributed by atoms with Crippen molar-refractivity contribution in [2.24, 2.45) is 0 Å². The Balaban J connectivity index is 1.68. The van der Waals surface area contributed by atoms with Crippen LogP contribution in [-0.4, -0.2) is 34.5 Å². The number of para-hydroxylation sites is 1. The van der Waals surface area contributed by atoms with Gasteiger partial charge in [-0.1, -0.05) is 30.3 Å². The maximum Gasteiger partial charge on any atom is 0.338 e. The summed E-state index contributed by atoms with van der Waals surface area (Å²) in [5.41, 5.74) is 1.72. The SMILES string of the molecule is COC(=O)c1cccc(COC(=O)c2ccc(S(=O)(=O)N(C)c3ccccc3)cc2)c1. The molecule has 0 saturated carbocycles. The van der Waals surface area contributed by atoms with Gasteiger partial charge in [-0.2, -0.15) is 0 Å². The Morgan fingerprint density at radius 1 is 0.839 bits per heavy atom.